The van der Waals surface area contributed by atoms with Gasteiger partial charge in [0.2, 0.25) is 0 Å². The van der Waals surface area contributed by atoms with E-state index >= 15 is 0 Å². The molecule has 0 fully saturated rings. The van der Waals surface area contributed by atoms with Crippen LogP contribution in [0.25, 0.3) is 0 Å². The molecule has 0 amide bonds. The van der Waals surface area contributed by atoms with Gasteiger partial charge in [0.25, 0.3) is 0 Å². The molecule has 3 nitrogen and oxygen atoms in total. The maximum Gasteiger partial charge on any atom is 0.128 e. The first-order valence-electron chi connectivity index (χ1n) is 5.41. The highest BCUT2D eigenvalue weighted by Gasteiger charge is 2.14. The van der Waals surface area contributed by atoms with Crippen LogP contribution >= 0.6 is 15.9 Å². The lowest BCUT2D eigenvalue weighted by molar-refractivity contribution is 0.622. The fourth-order valence-corrected chi connectivity index (χ4v) is 2.27. The molecule has 2 rings (SSSR count). The van der Waals surface area contributed by atoms with Gasteiger partial charge in [0.05, 0.1) is 6.04 Å². The molecule has 0 saturated carbocycles. The summed E-state index contributed by atoms with van der Waals surface area (Å²) in [5, 5.41) is 0. The summed E-state index contributed by atoms with van der Waals surface area (Å²) in [6, 6.07) is 5.93. The van der Waals surface area contributed by atoms with E-state index in [0.717, 1.165) is 5.56 Å². The standard InChI is InChI=1S/C13H13BrFN3/c1-7-2-11(13(17)18-6-7)12(16)8-3-9(14)5-10(15)4-8/h2-6,12H,16H2,1H3,(H2,17,18). The first-order valence-corrected chi connectivity index (χ1v) is 6.20. The number of nitrogen functional groups attached to an aromatic ring is 1. The number of nitrogens with two attached hydrogens (primary N) is 2. The largest absolute Gasteiger partial charge is 0.383 e. The summed E-state index contributed by atoms with van der Waals surface area (Å²) >= 11 is 3.24. The van der Waals surface area contributed by atoms with Crippen molar-refractivity contribution >= 4 is 21.7 Å². The molecule has 1 aromatic carbocycles. The van der Waals surface area contributed by atoms with Gasteiger partial charge >= 0.3 is 0 Å². The molecule has 1 aromatic heterocycles. The maximum atomic E-state index is 13.4. The third kappa shape index (κ3) is 2.68. The Balaban J connectivity index is 2.47. The van der Waals surface area contributed by atoms with Crippen LogP contribution in [0.15, 0.2) is 34.9 Å². The molecular weight excluding hydrogens is 297 g/mol. The smallest absolute Gasteiger partial charge is 0.128 e. The Hall–Kier alpha value is -1.46. The SMILES string of the molecule is Cc1cnc(N)c(C(N)c2cc(F)cc(Br)c2)c1. The normalized spacial score (nSPS) is 12.4. The molecular formula is C13H13BrFN3. The van der Waals surface area contributed by atoms with Gasteiger partial charge in [-0.2, -0.15) is 0 Å². The van der Waals surface area contributed by atoms with Gasteiger partial charge in [-0.3, -0.25) is 0 Å². The predicted octanol–water partition coefficient (Wildman–Crippen LogP) is 2.92. The Morgan fingerprint density at radius 3 is 2.67 bits per heavy atom. The minimum atomic E-state index is -0.496. The number of hydrogen-bond acceptors (Lipinski definition) is 3. The van der Waals surface area contributed by atoms with E-state index in [1.807, 2.05) is 13.0 Å². The predicted molar refractivity (Wildman–Crippen MR) is 73.5 cm³/mol. The summed E-state index contributed by atoms with van der Waals surface area (Å²) in [5.74, 6) is 0.0301. The van der Waals surface area contributed by atoms with Crippen molar-refractivity contribution in [2.75, 3.05) is 5.73 Å². The number of rotatable bonds is 2. The molecule has 0 radical (unpaired) electrons. The second-order valence-electron chi connectivity index (χ2n) is 4.17. The zero-order valence-corrected chi connectivity index (χ0v) is 11.4. The van der Waals surface area contributed by atoms with E-state index in [0.29, 0.717) is 21.4 Å². The fraction of sp³-hybridized carbons (Fsp3) is 0.154. The zero-order valence-electron chi connectivity index (χ0n) is 9.82. The number of hydrogen-bond donors (Lipinski definition) is 2. The molecule has 0 aliphatic rings. The van der Waals surface area contributed by atoms with Crippen molar-refractivity contribution in [1.29, 1.82) is 0 Å². The van der Waals surface area contributed by atoms with Gasteiger partial charge < -0.3 is 11.5 Å². The van der Waals surface area contributed by atoms with Gasteiger partial charge in [-0.05, 0) is 42.3 Å². The van der Waals surface area contributed by atoms with Crippen molar-refractivity contribution < 1.29 is 4.39 Å². The molecule has 0 bridgehead atoms. The van der Waals surface area contributed by atoms with Gasteiger partial charge in [0.1, 0.15) is 11.6 Å². The molecule has 0 saturated heterocycles. The lowest BCUT2D eigenvalue weighted by Crippen LogP contribution is -2.15. The second-order valence-corrected chi connectivity index (χ2v) is 5.08. The molecule has 0 aliphatic carbocycles. The van der Waals surface area contributed by atoms with Crippen molar-refractivity contribution in [2.45, 2.75) is 13.0 Å². The van der Waals surface area contributed by atoms with Crippen molar-refractivity contribution in [3.05, 3.63) is 57.4 Å². The van der Waals surface area contributed by atoms with Gasteiger partial charge in [0, 0.05) is 16.2 Å². The molecule has 0 spiro atoms. The summed E-state index contributed by atoms with van der Waals surface area (Å²) in [7, 11) is 0. The molecule has 2 aromatic rings. The van der Waals surface area contributed by atoms with Crippen LogP contribution in [0, 0.1) is 12.7 Å². The first-order chi connectivity index (χ1) is 8.47. The van der Waals surface area contributed by atoms with Gasteiger partial charge in [-0.15, -0.1) is 0 Å². The molecule has 4 N–H and O–H groups in total. The van der Waals surface area contributed by atoms with E-state index in [-0.39, 0.29) is 5.82 Å². The van der Waals surface area contributed by atoms with E-state index in [1.165, 1.54) is 12.1 Å². The molecule has 1 heterocycles. The van der Waals surface area contributed by atoms with Crippen molar-refractivity contribution in [3.63, 3.8) is 0 Å². The van der Waals surface area contributed by atoms with E-state index < -0.39 is 6.04 Å². The summed E-state index contributed by atoms with van der Waals surface area (Å²) in [4.78, 5) is 4.06. The van der Waals surface area contributed by atoms with Crippen molar-refractivity contribution in [3.8, 4) is 0 Å². The average molecular weight is 310 g/mol. The van der Waals surface area contributed by atoms with E-state index in [1.54, 1.807) is 12.3 Å². The lowest BCUT2D eigenvalue weighted by atomic mass is 9.99. The van der Waals surface area contributed by atoms with Gasteiger partial charge in [-0.1, -0.05) is 15.9 Å². The zero-order chi connectivity index (χ0) is 13.3. The van der Waals surface area contributed by atoms with Crippen molar-refractivity contribution in [2.24, 2.45) is 5.73 Å². The monoisotopic (exact) mass is 309 g/mol. The number of pyridine rings is 1. The number of nitrogens with zero attached hydrogens (tertiary/aromatic N) is 1. The third-order valence-electron chi connectivity index (χ3n) is 2.67. The Bertz CT molecular complexity index is 566. The highest BCUT2D eigenvalue weighted by Crippen LogP contribution is 2.26. The van der Waals surface area contributed by atoms with Crippen LogP contribution in [0.3, 0.4) is 0 Å². The minimum absolute atomic E-state index is 0.339. The summed E-state index contributed by atoms with van der Waals surface area (Å²) in [6.07, 6.45) is 1.67. The molecule has 1 atom stereocenters. The van der Waals surface area contributed by atoms with E-state index in [2.05, 4.69) is 20.9 Å². The number of halogens is 2. The highest BCUT2D eigenvalue weighted by molar-refractivity contribution is 9.10. The summed E-state index contributed by atoms with van der Waals surface area (Å²) in [5.41, 5.74) is 14.2. The van der Waals surface area contributed by atoms with E-state index in [9.17, 15) is 4.39 Å². The van der Waals surface area contributed by atoms with Crippen LogP contribution in [0.4, 0.5) is 10.2 Å². The third-order valence-corrected chi connectivity index (χ3v) is 3.12. The molecule has 0 aliphatic heterocycles. The molecule has 5 heteroatoms. The molecule has 18 heavy (non-hydrogen) atoms. The van der Waals surface area contributed by atoms with Gasteiger partial charge in [0.15, 0.2) is 0 Å². The second kappa shape index (κ2) is 5.04. The Labute approximate surface area is 113 Å². The summed E-state index contributed by atoms with van der Waals surface area (Å²) < 4.78 is 14.0. The van der Waals surface area contributed by atoms with Gasteiger partial charge in [-0.25, -0.2) is 9.37 Å². The number of benzene rings is 1. The van der Waals surface area contributed by atoms with Crippen LogP contribution in [-0.4, -0.2) is 4.98 Å². The highest BCUT2D eigenvalue weighted by atomic mass is 79.9. The first kappa shape index (κ1) is 13.0. The van der Waals surface area contributed by atoms with Crippen LogP contribution < -0.4 is 11.5 Å². The fourth-order valence-electron chi connectivity index (χ4n) is 1.79. The molecule has 94 valence electrons. The maximum absolute atomic E-state index is 13.4. The minimum Gasteiger partial charge on any atom is -0.383 e. The Morgan fingerprint density at radius 1 is 1.28 bits per heavy atom. The van der Waals surface area contributed by atoms with E-state index in [4.69, 9.17) is 11.5 Å². The number of aryl methyl sites for hydroxylation is 1. The Kier molecular flexibility index (Phi) is 3.63. The van der Waals surface area contributed by atoms with Crippen LogP contribution in [0.2, 0.25) is 0 Å². The number of aromatic nitrogens is 1. The van der Waals surface area contributed by atoms with Crippen LogP contribution in [0.1, 0.15) is 22.7 Å². The van der Waals surface area contributed by atoms with Crippen LogP contribution in [0.5, 0.6) is 0 Å². The quantitative estimate of drug-likeness (QED) is 0.896. The average Bonchev–Trinajstić information content (AvgIpc) is 2.30. The van der Waals surface area contributed by atoms with Crippen molar-refractivity contribution in [1.82, 2.24) is 4.98 Å². The Morgan fingerprint density at radius 2 is 2.00 bits per heavy atom. The molecule has 1 unspecified atom stereocenters. The number of anilines is 1. The van der Waals surface area contributed by atoms with Crippen LogP contribution in [-0.2, 0) is 0 Å². The topological polar surface area (TPSA) is 64.9 Å². The lowest BCUT2D eigenvalue weighted by Gasteiger charge is -2.15. The summed E-state index contributed by atoms with van der Waals surface area (Å²) in [6.45, 7) is 1.91.